The van der Waals surface area contributed by atoms with Gasteiger partial charge in [0.25, 0.3) is 0 Å². The summed E-state index contributed by atoms with van der Waals surface area (Å²) >= 11 is 2.25. The van der Waals surface area contributed by atoms with Crippen molar-refractivity contribution in [1.82, 2.24) is 0 Å². The van der Waals surface area contributed by atoms with Crippen molar-refractivity contribution in [2.75, 3.05) is 6.61 Å². The summed E-state index contributed by atoms with van der Waals surface area (Å²) in [5.41, 5.74) is 1.02. The highest BCUT2D eigenvalue weighted by Crippen LogP contribution is 2.11. The fourth-order valence-electron chi connectivity index (χ4n) is 2.30. The van der Waals surface area contributed by atoms with Gasteiger partial charge in [0.2, 0.25) is 0 Å². The summed E-state index contributed by atoms with van der Waals surface area (Å²) in [5, 5.41) is 0. The van der Waals surface area contributed by atoms with E-state index in [9.17, 15) is 9.59 Å². The molecular weight excluding hydrogens is 419 g/mol. The third-order valence-electron chi connectivity index (χ3n) is 3.63. The first-order valence-electron chi connectivity index (χ1n) is 8.67. The molecule has 1 rings (SSSR count). The number of hydrogen-bond donors (Lipinski definition) is 0. The normalized spacial score (nSPS) is 10.4. The third-order valence-corrected chi connectivity index (χ3v) is 4.35. The summed E-state index contributed by atoms with van der Waals surface area (Å²) in [7, 11) is 0. The van der Waals surface area contributed by atoms with Gasteiger partial charge >= 0.3 is 11.9 Å². The topological polar surface area (TPSA) is 52.6 Å². The van der Waals surface area contributed by atoms with Crippen molar-refractivity contribution in [3.63, 3.8) is 0 Å². The van der Waals surface area contributed by atoms with Crippen molar-refractivity contribution in [1.29, 1.82) is 0 Å². The monoisotopic (exact) mass is 446 g/mol. The highest BCUT2D eigenvalue weighted by Gasteiger charge is 2.04. The van der Waals surface area contributed by atoms with Crippen LogP contribution in [0.15, 0.2) is 24.3 Å². The van der Waals surface area contributed by atoms with Gasteiger partial charge in [-0.05, 0) is 60.1 Å². The van der Waals surface area contributed by atoms with E-state index in [1.807, 2.05) is 31.2 Å². The van der Waals surface area contributed by atoms with Crippen molar-refractivity contribution in [2.24, 2.45) is 0 Å². The number of hydrogen-bond acceptors (Lipinski definition) is 4. The summed E-state index contributed by atoms with van der Waals surface area (Å²) in [4.78, 5) is 22.8. The Morgan fingerprint density at radius 2 is 1.33 bits per heavy atom. The molecule has 5 heteroatoms. The van der Waals surface area contributed by atoms with Crippen LogP contribution in [0.5, 0.6) is 0 Å². The Labute approximate surface area is 158 Å². The third kappa shape index (κ3) is 10.6. The summed E-state index contributed by atoms with van der Waals surface area (Å²) in [6.07, 6.45) is 6.99. The fraction of sp³-hybridized carbons (Fsp3) is 0.579. The summed E-state index contributed by atoms with van der Waals surface area (Å²) < 4.78 is 11.3. The molecule has 0 N–H and O–H groups in total. The molecular formula is C19H27IO4. The number of rotatable bonds is 12. The molecule has 0 heterocycles. The van der Waals surface area contributed by atoms with Gasteiger partial charge in [0.05, 0.1) is 6.61 Å². The molecule has 0 aliphatic rings. The van der Waals surface area contributed by atoms with Gasteiger partial charge in [0.15, 0.2) is 0 Å². The maximum Gasteiger partial charge on any atom is 0.306 e. The van der Waals surface area contributed by atoms with Gasteiger partial charge in [-0.1, -0.05) is 37.8 Å². The minimum absolute atomic E-state index is 0.103. The highest BCUT2D eigenvalue weighted by molar-refractivity contribution is 14.1. The lowest BCUT2D eigenvalue weighted by molar-refractivity contribution is -0.145. The van der Waals surface area contributed by atoms with Crippen molar-refractivity contribution >= 4 is 34.5 Å². The van der Waals surface area contributed by atoms with Crippen molar-refractivity contribution in [3.05, 3.63) is 33.4 Å². The Balaban J connectivity index is 1.94. The van der Waals surface area contributed by atoms with Gasteiger partial charge in [0.1, 0.15) is 6.61 Å². The molecule has 0 aromatic heterocycles. The molecule has 0 saturated carbocycles. The summed E-state index contributed by atoms with van der Waals surface area (Å²) in [6, 6.07) is 7.97. The zero-order valence-corrected chi connectivity index (χ0v) is 16.5. The Hall–Kier alpha value is -1.11. The number of benzene rings is 1. The largest absolute Gasteiger partial charge is 0.466 e. The highest BCUT2D eigenvalue weighted by atomic mass is 127. The van der Waals surface area contributed by atoms with Gasteiger partial charge in [-0.25, -0.2) is 0 Å². The minimum atomic E-state index is -0.129. The molecule has 0 spiro atoms. The molecule has 0 aliphatic heterocycles. The first kappa shape index (κ1) is 20.9. The molecule has 134 valence electrons. The van der Waals surface area contributed by atoms with Crippen LogP contribution >= 0.6 is 22.6 Å². The van der Waals surface area contributed by atoms with Gasteiger partial charge in [-0.15, -0.1) is 0 Å². The molecule has 0 unspecified atom stereocenters. The van der Waals surface area contributed by atoms with Gasteiger partial charge in [0, 0.05) is 16.4 Å². The number of unbranched alkanes of at least 4 members (excludes halogenated alkanes) is 5. The second kappa shape index (κ2) is 13.2. The maximum absolute atomic E-state index is 11.7. The van der Waals surface area contributed by atoms with E-state index in [-0.39, 0.29) is 11.9 Å². The fourth-order valence-corrected chi connectivity index (χ4v) is 2.66. The average Bonchev–Trinajstić information content (AvgIpc) is 2.57. The van der Waals surface area contributed by atoms with E-state index in [0.29, 0.717) is 26.1 Å². The van der Waals surface area contributed by atoms with Crippen LogP contribution in [-0.4, -0.2) is 18.5 Å². The quantitative estimate of drug-likeness (QED) is 0.257. The van der Waals surface area contributed by atoms with Crippen LogP contribution in [0.1, 0.15) is 63.9 Å². The van der Waals surface area contributed by atoms with Crippen LogP contribution in [0, 0.1) is 3.57 Å². The van der Waals surface area contributed by atoms with E-state index in [2.05, 4.69) is 22.6 Å². The molecule has 24 heavy (non-hydrogen) atoms. The molecule has 1 aromatic carbocycles. The van der Waals surface area contributed by atoms with Crippen molar-refractivity contribution in [2.45, 2.75) is 64.9 Å². The Morgan fingerprint density at radius 3 is 1.88 bits per heavy atom. The zero-order valence-electron chi connectivity index (χ0n) is 14.4. The minimum Gasteiger partial charge on any atom is -0.466 e. The predicted octanol–water partition coefficient (Wildman–Crippen LogP) is 5.02. The number of ether oxygens (including phenoxy) is 2. The van der Waals surface area contributed by atoms with Gasteiger partial charge < -0.3 is 9.47 Å². The van der Waals surface area contributed by atoms with E-state index < -0.39 is 0 Å². The predicted molar refractivity (Wildman–Crippen MR) is 103 cm³/mol. The number of esters is 2. The van der Waals surface area contributed by atoms with Crippen LogP contribution in [0.25, 0.3) is 0 Å². The zero-order chi connectivity index (χ0) is 17.6. The molecule has 0 aliphatic carbocycles. The SMILES string of the molecule is CCOC(=O)CCCCCCCCC(=O)OCc1ccc(I)cc1. The molecule has 4 nitrogen and oxygen atoms in total. The molecule has 0 radical (unpaired) electrons. The lowest BCUT2D eigenvalue weighted by Crippen LogP contribution is -2.04. The van der Waals surface area contributed by atoms with Crippen molar-refractivity contribution in [3.8, 4) is 0 Å². The van der Waals surface area contributed by atoms with E-state index in [4.69, 9.17) is 9.47 Å². The van der Waals surface area contributed by atoms with Crippen LogP contribution in [-0.2, 0) is 25.7 Å². The standard InChI is InChI=1S/C19H27IO4/c1-2-23-18(21)9-7-5-3-4-6-8-10-19(22)24-15-16-11-13-17(20)14-12-16/h11-14H,2-10,15H2,1H3. The Morgan fingerprint density at radius 1 is 0.833 bits per heavy atom. The maximum atomic E-state index is 11.7. The van der Waals surface area contributed by atoms with Gasteiger partial charge in [-0.3, -0.25) is 9.59 Å². The van der Waals surface area contributed by atoms with E-state index in [1.165, 1.54) is 3.57 Å². The van der Waals surface area contributed by atoms with E-state index in [1.54, 1.807) is 0 Å². The summed E-state index contributed by atoms with van der Waals surface area (Å²) in [6.45, 7) is 2.63. The van der Waals surface area contributed by atoms with Crippen LogP contribution in [0.4, 0.5) is 0 Å². The molecule has 0 saturated heterocycles. The molecule has 1 aromatic rings. The molecule has 0 bridgehead atoms. The van der Waals surface area contributed by atoms with Crippen LogP contribution in [0.3, 0.4) is 0 Å². The smallest absolute Gasteiger partial charge is 0.306 e. The first-order chi connectivity index (χ1) is 11.6. The van der Waals surface area contributed by atoms with E-state index in [0.717, 1.165) is 44.1 Å². The molecule has 0 fully saturated rings. The summed E-state index contributed by atoms with van der Waals surface area (Å²) in [5.74, 6) is -0.232. The first-order valence-corrected chi connectivity index (χ1v) is 9.75. The molecule has 0 amide bonds. The second-order valence-corrected chi connectivity index (χ2v) is 6.96. The van der Waals surface area contributed by atoms with Crippen LogP contribution < -0.4 is 0 Å². The number of carbonyl (C=O) groups is 2. The second-order valence-electron chi connectivity index (χ2n) is 5.71. The van der Waals surface area contributed by atoms with Crippen molar-refractivity contribution < 1.29 is 19.1 Å². The van der Waals surface area contributed by atoms with Gasteiger partial charge in [-0.2, -0.15) is 0 Å². The number of halogens is 1. The molecule has 0 atom stereocenters. The Kier molecular flexibility index (Phi) is 11.5. The lowest BCUT2D eigenvalue weighted by atomic mass is 10.1. The Bertz CT molecular complexity index is 485. The lowest BCUT2D eigenvalue weighted by Gasteiger charge is -2.05. The number of carbonyl (C=O) groups excluding carboxylic acids is 2. The average molecular weight is 446 g/mol. The van der Waals surface area contributed by atoms with E-state index >= 15 is 0 Å². The van der Waals surface area contributed by atoms with Crippen LogP contribution in [0.2, 0.25) is 0 Å².